The average molecular weight is 250 g/mol. The lowest BCUT2D eigenvalue weighted by atomic mass is 9.74. The van der Waals surface area contributed by atoms with Crippen LogP contribution in [0.25, 0.3) is 0 Å². The molecule has 4 aliphatic rings. The molecule has 0 aromatic rings. The summed E-state index contributed by atoms with van der Waals surface area (Å²) in [6.45, 7) is 5.21. The van der Waals surface area contributed by atoms with Crippen LogP contribution in [0, 0.1) is 23.7 Å². The number of hydrogen-bond donors (Lipinski definition) is 1. The molecule has 98 valence electrons. The van der Waals surface area contributed by atoms with Crippen LogP contribution in [0.1, 0.15) is 6.42 Å². The van der Waals surface area contributed by atoms with Crippen LogP contribution < -0.4 is 0 Å². The van der Waals surface area contributed by atoms with Crippen molar-refractivity contribution in [2.24, 2.45) is 23.7 Å². The molecule has 4 nitrogen and oxygen atoms in total. The van der Waals surface area contributed by atoms with Crippen molar-refractivity contribution in [2.45, 2.75) is 24.6 Å². The molecule has 0 aromatic heterocycles. The van der Waals surface area contributed by atoms with E-state index in [4.69, 9.17) is 14.2 Å². The summed E-state index contributed by atoms with van der Waals surface area (Å²) in [6, 6.07) is 0. The summed E-state index contributed by atoms with van der Waals surface area (Å²) in [6.07, 6.45) is 6.22. The van der Waals surface area contributed by atoms with E-state index < -0.39 is 12.1 Å². The zero-order valence-electron chi connectivity index (χ0n) is 10.2. The summed E-state index contributed by atoms with van der Waals surface area (Å²) in [4.78, 5) is 0. The standard InChI is InChI=1S/C14H18O4/c1-2-8-7-9-11-10(18-13(9)15)3-4-14(12(8)11)16-5-6-17-14/h2-4,8-13,15H,1,5-7H2/t8-,9-,10+,11+,12+,13-/m1/s1. The van der Waals surface area contributed by atoms with Gasteiger partial charge in [0.15, 0.2) is 12.1 Å². The van der Waals surface area contributed by atoms with Gasteiger partial charge in [0, 0.05) is 17.8 Å². The average Bonchev–Trinajstić information content (AvgIpc) is 3.04. The maximum absolute atomic E-state index is 10.0. The lowest BCUT2D eigenvalue weighted by Gasteiger charge is -2.41. The highest BCUT2D eigenvalue weighted by Gasteiger charge is 2.63. The number of hydrogen-bond acceptors (Lipinski definition) is 4. The van der Waals surface area contributed by atoms with Gasteiger partial charge >= 0.3 is 0 Å². The molecule has 2 aliphatic heterocycles. The monoisotopic (exact) mass is 250 g/mol. The van der Waals surface area contributed by atoms with Crippen molar-refractivity contribution in [2.75, 3.05) is 13.2 Å². The van der Waals surface area contributed by atoms with Gasteiger partial charge in [-0.15, -0.1) is 6.58 Å². The van der Waals surface area contributed by atoms with Gasteiger partial charge in [-0.05, 0) is 18.4 Å². The van der Waals surface area contributed by atoms with Crippen molar-refractivity contribution in [1.82, 2.24) is 0 Å². The van der Waals surface area contributed by atoms with E-state index in [-0.39, 0.29) is 23.9 Å². The smallest absolute Gasteiger partial charge is 0.191 e. The highest BCUT2D eigenvalue weighted by Crippen LogP contribution is 2.58. The lowest BCUT2D eigenvalue weighted by Crippen LogP contribution is -2.47. The first-order chi connectivity index (χ1) is 8.75. The second kappa shape index (κ2) is 3.67. The summed E-state index contributed by atoms with van der Waals surface area (Å²) in [5, 5.41) is 10.0. The molecule has 0 amide bonds. The number of ether oxygens (including phenoxy) is 3. The minimum Gasteiger partial charge on any atom is -0.368 e. The second-order valence-electron chi connectivity index (χ2n) is 5.67. The summed E-state index contributed by atoms with van der Waals surface area (Å²) < 4.78 is 17.4. The molecule has 2 heterocycles. The van der Waals surface area contributed by atoms with E-state index >= 15 is 0 Å². The number of aliphatic hydroxyl groups excluding tert-OH is 1. The van der Waals surface area contributed by atoms with Gasteiger partial charge in [0.2, 0.25) is 0 Å². The molecule has 2 aliphatic carbocycles. The SMILES string of the molecule is C=C[C@@H]1C[C@@H]2[C@@H]3[C@H]1C1(C=C[C@@H]3O[C@H]2O)OCCO1. The Labute approximate surface area is 106 Å². The van der Waals surface area contributed by atoms with Crippen molar-refractivity contribution >= 4 is 0 Å². The molecule has 4 rings (SSSR count). The van der Waals surface area contributed by atoms with Crippen molar-refractivity contribution in [3.05, 3.63) is 24.8 Å². The molecule has 1 spiro atoms. The third-order valence-corrected chi connectivity index (χ3v) is 4.98. The molecular formula is C14H18O4. The fourth-order valence-corrected chi connectivity index (χ4v) is 4.33. The minimum atomic E-state index is -0.659. The summed E-state index contributed by atoms with van der Waals surface area (Å²) in [5.74, 6) is 0.393. The van der Waals surface area contributed by atoms with Gasteiger partial charge in [0.1, 0.15) is 0 Å². The molecule has 18 heavy (non-hydrogen) atoms. The van der Waals surface area contributed by atoms with Crippen LogP contribution in [0.4, 0.5) is 0 Å². The molecule has 0 radical (unpaired) electrons. The number of aliphatic hydroxyl groups is 1. The van der Waals surface area contributed by atoms with E-state index in [9.17, 15) is 5.11 Å². The Hall–Kier alpha value is -0.680. The van der Waals surface area contributed by atoms with Crippen LogP contribution in [0.2, 0.25) is 0 Å². The zero-order chi connectivity index (χ0) is 12.3. The van der Waals surface area contributed by atoms with Crippen LogP contribution in [0.3, 0.4) is 0 Å². The van der Waals surface area contributed by atoms with E-state index in [0.717, 1.165) is 6.42 Å². The quantitative estimate of drug-likeness (QED) is 0.707. The third-order valence-electron chi connectivity index (χ3n) is 4.98. The Morgan fingerprint density at radius 3 is 2.83 bits per heavy atom. The largest absolute Gasteiger partial charge is 0.368 e. The van der Waals surface area contributed by atoms with Crippen molar-refractivity contribution in [1.29, 1.82) is 0 Å². The topological polar surface area (TPSA) is 47.9 Å². The Balaban J connectivity index is 1.79. The normalized spacial score (nSPS) is 51.8. The second-order valence-corrected chi connectivity index (χ2v) is 5.67. The van der Waals surface area contributed by atoms with Crippen LogP contribution in [0.15, 0.2) is 24.8 Å². The first kappa shape index (κ1) is 11.2. The van der Waals surface area contributed by atoms with Gasteiger partial charge in [-0.1, -0.05) is 12.2 Å². The molecule has 0 bridgehead atoms. The molecule has 2 saturated heterocycles. The third kappa shape index (κ3) is 1.24. The molecule has 0 aromatic carbocycles. The predicted molar refractivity (Wildman–Crippen MR) is 63.4 cm³/mol. The van der Waals surface area contributed by atoms with Crippen LogP contribution in [-0.2, 0) is 14.2 Å². The van der Waals surface area contributed by atoms with Crippen LogP contribution in [0.5, 0.6) is 0 Å². The summed E-state index contributed by atoms with van der Waals surface area (Å²) in [5.41, 5.74) is 0. The first-order valence-corrected chi connectivity index (χ1v) is 6.68. The van der Waals surface area contributed by atoms with Gasteiger partial charge in [-0.3, -0.25) is 0 Å². The first-order valence-electron chi connectivity index (χ1n) is 6.68. The van der Waals surface area contributed by atoms with Gasteiger partial charge in [0.05, 0.1) is 19.3 Å². The van der Waals surface area contributed by atoms with Gasteiger partial charge in [-0.25, -0.2) is 0 Å². The number of fused-ring (bicyclic) bond motifs is 1. The van der Waals surface area contributed by atoms with E-state index in [0.29, 0.717) is 19.1 Å². The Bertz CT molecular complexity index is 399. The van der Waals surface area contributed by atoms with E-state index in [1.165, 1.54) is 0 Å². The van der Waals surface area contributed by atoms with Gasteiger partial charge < -0.3 is 19.3 Å². The highest BCUT2D eigenvalue weighted by molar-refractivity contribution is 5.21. The molecular weight excluding hydrogens is 232 g/mol. The van der Waals surface area contributed by atoms with Crippen LogP contribution in [-0.4, -0.2) is 36.5 Å². The van der Waals surface area contributed by atoms with Gasteiger partial charge in [0.25, 0.3) is 0 Å². The van der Waals surface area contributed by atoms with Crippen molar-refractivity contribution in [3.8, 4) is 0 Å². The maximum Gasteiger partial charge on any atom is 0.191 e. The maximum atomic E-state index is 10.0. The summed E-state index contributed by atoms with van der Waals surface area (Å²) >= 11 is 0. The van der Waals surface area contributed by atoms with E-state index in [2.05, 4.69) is 6.58 Å². The van der Waals surface area contributed by atoms with E-state index in [1.807, 2.05) is 18.2 Å². The molecule has 1 saturated carbocycles. The number of allylic oxidation sites excluding steroid dienone is 1. The lowest BCUT2D eigenvalue weighted by molar-refractivity contribution is -0.185. The van der Waals surface area contributed by atoms with Gasteiger partial charge in [-0.2, -0.15) is 0 Å². The molecule has 3 fully saturated rings. The minimum absolute atomic E-state index is 0.00150. The molecule has 0 unspecified atom stereocenters. The Kier molecular flexibility index (Phi) is 2.28. The van der Waals surface area contributed by atoms with Crippen LogP contribution >= 0.6 is 0 Å². The Morgan fingerprint density at radius 1 is 1.33 bits per heavy atom. The summed E-state index contributed by atoms with van der Waals surface area (Å²) in [7, 11) is 0. The number of rotatable bonds is 1. The Morgan fingerprint density at radius 2 is 2.11 bits per heavy atom. The van der Waals surface area contributed by atoms with Crippen molar-refractivity contribution < 1.29 is 19.3 Å². The molecule has 4 heteroatoms. The molecule has 6 atom stereocenters. The fourth-order valence-electron chi connectivity index (χ4n) is 4.33. The zero-order valence-corrected chi connectivity index (χ0v) is 10.2. The van der Waals surface area contributed by atoms with E-state index in [1.54, 1.807) is 0 Å². The highest BCUT2D eigenvalue weighted by atomic mass is 16.7. The predicted octanol–water partition coefficient (Wildman–Crippen LogP) is 1.07. The van der Waals surface area contributed by atoms with Crippen molar-refractivity contribution in [3.63, 3.8) is 0 Å². The fraction of sp³-hybridized carbons (Fsp3) is 0.714. The molecule has 1 N–H and O–H groups in total.